The van der Waals surface area contributed by atoms with E-state index in [2.05, 4.69) is 20.6 Å². The van der Waals surface area contributed by atoms with Crippen LogP contribution in [0.15, 0.2) is 128 Å². The zero-order chi connectivity index (χ0) is 38.2. The fraction of sp³-hybridized carbons (Fsp3) is 0.0750. The molecule has 0 spiro atoms. The van der Waals surface area contributed by atoms with E-state index in [1.807, 2.05) is 12.1 Å². The summed E-state index contributed by atoms with van der Waals surface area (Å²) in [5.74, 6) is -0.612. The first kappa shape index (κ1) is 39.9. The molecule has 0 bridgehead atoms. The van der Waals surface area contributed by atoms with Crippen molar-refractivity contribution in [3.8, 4) is 28.0 Å². The monoisotopic (exact) mass is 789 g/mol. The van der Waals surface area contributed by atoms with Crippen molar-refractivity contribution >= 4 is 59.2 Å². The van der Waals surface area contributed by atoms with Crippen LogP contribution in [0.2, 0.25) is 0 Å². The van der Waals surface area contributed by atoms with Crippen LogP contribution in [0, 0.1) is 11.6 Å². The molecule has 8 nitrogen and oxygen atoms in total. The summed E-state index contributed by atoms with van der Waals surface area (Å²) in [5, 5.41) is 6.08. The number of aromatic nitrogens is 2. The van der Waals surface area contributed by atoms with Crippen LogP contribution < -0.4 is 20.3 Å². The van der Waals surface area contributed by atoms with Crippen LogP contribution in [-0.2, 0) is 12.6 Å². The Kier molecular flexibility index (Phi) is 12.9. The second kappa shape index (κ2) is 17.7. The molecule has 4 aromatic carbocycles. The first-order valence-electron chi connectivity index (χ1n) is 16.2. The maximum atomic E-state index is 14.1. The van der Waals surface area contributed by atoms with Crippen LogP contribution in [0.3, 0.4) is 0 Å². The van der Waals surface area contributed by atoms with E-state index in [1.165, 1.54) is 29.2 Å². The van der Waals surface area contributed by atoms with E-state index >= 15 is 0 Å². The van der Waals surface area contributed by atoms with Crippen LogP contribution in [0.25, 0.3) is 22.3 Å². The lowest BCUT2D eigenvalue weighted by Gasteiger charge is -2.20. The van der Waals surface area contributed by atoms with Crippen LogP contribution in [0.1, 0.15) is 16.7 Å². The molecule has 0 atom stereocenters. The molecule has 0 unspecified atom stereocenters. The Hall–Kier alpha value is -6.25. The molecule has 15 heteroatoms. The third-order valence-electron chi connectivity index (χ3n) is 8.06. The van der Waals surface area contributed by atoms with Crippen molar-refractivity contribution in [3.05, 3.63) is 156 Å². The number of amides is 3. The van der Waals surface area contributed by atoms with E-state index in [0.29, 0.717) is 40.1 Å². The Bertz CT molecular complexity index is 2300. The molecular formula is C40H29ClF5N5O3S. The normalized spacial score (nSPS) is 11.6. The van der Waals surface area contributed by atoms with Gasteiger partial charge in [-0.25, -0.2) is 18.4 Å². The van der Waals surface area contributed by atoms with Gasteiger partial charge in [-0.3, -0.25) is 20.2 Å². The van der Waals surface area contributed by atoms with Crippen molar-refractivity contribution in [1.29, 1.82) is 0 Å². The molecule has 3 heterocycles. The first-order valence-corrected chi connectivity index (χ1v) is 16.7. The molecule has 2 aromatic heterocycles. The molecular weight excluding hydrogens is 761 g/mol. The fourth-order valence-corrected chi connectivity index (χ4v) is 5.86. The number of anilines is 3. The molecule has 6 aromatic rings. The van der Waals surface area contributed by atoms with Gasteiger partial charge in [-0.2, -0.15) is 13.2 Å². The lowest BCUT2D eigenvalue weighted by molar-refractivity contribution is -0.137. The van der Waals surface area contributed by atoms with Crippen molar-refractivity contribution in [2.75, 3.05) is 22.1 Å². The van der Waals surface area contributed by atoms with Gasteiger partial charge in [0.2, 0.25) is 0 Å². The maximum Gasteiger partial charge on any atom is 0.417 e. The van der Waals surface area contributed by atoms with Gasteiger partial charge >= 0.3 is 18.3 Å². The van der Waals surface area contributed by atoms with Crippen LogP contribution in [0.4, 0.5) is 48.6 Å². The smallest absolute Gasteiger partial charge is 0.410 e. The van der Waals surface area contributed by atoms with Crippen molar-refractivity contribution in [3.63, 3.8) is 0 Å². The second-order valence-electron chi connectivity index (χ2n) is 11.8. The molecule has 280 valence electrons. The van der Waals surface area contributed by atoms with Gasteiger partial charge < -0.3 is 10.1 Å². The third-order valence-corrected chi connectivity index (χ3v) is 8.31. The van der Waals surface area contributed by atoms with E-state index in [1.54, 1.807) is 79.4 Å². The van der Waals surface area contributed by atoms with Crippen LogP contribution in [-0.4, -0.2) is 34.0 Å². The summed E-state index contributed by atoms with van der Waals surface area (Å²) in [5.41, 5.74) is 2.79. The van der Waals surface area contributed by atoms with Crippen LogP contribution in [0.5, 0.6) is 5.75 Å². The molecule has 0 saturated carbocycles. The van der Waals surface area contributed by atoms with Gasteiger partial charge in [0.05, 0.1) is 5.56 Å². The largest absolute Gasteiger partial charge is 0.417 e. The summed E-state index contributed by atoms with van der Waals surface area (Å²) in [6.45, 7) is 0.199. The zero-order valence-electron chi connectivity index (χ0n) is 28.4. The summed E-state index contributed by atoms with van der Waals surface area (Å²) in [6.07, 6.45) is 1.51. The number of pyridine rings is 2. The molecule has 0 aliphatic carbocycles. The van der Waals surface area contributed by atoms with Crippen molar-refractivity contribution in [1.82, 2.24) is 9.97 Å². The standard InChI is InChI=1S/C22H15F4N3OS.C18H13FN2O2.ClH/c23-17-7-15(14-2-1-4-27-11-14)8-18(9-17)28-21(30)29-5-3-13-6-16(12-31)19(10-20(13)29)22(24,25)26;19-15-9-14(13-5-4-8-20-12-13)10-16(11-15)21-18(22)23-17-6-2-1-3-7-17;/h1-2,4,6-12H,3,5H2,(H,28,30);1-12H,(H,21,22);1H. The van der Waals surface area contributed by atoms with Gasteiger partial charge in [-0.05, 0) is 101 Å². The predicted octanol–water partition coefficient (Wildman–Crippen LogP) is 10.8. The number of carbonyl (C=O) groups is 2. The average molecular weight is 790 g/mol. The SMILES string of the molecule is Cl.O=C(Nc1cc(F)cc(-c2cccnc2)c1)N1CCc2cc(C=S)c(C(F)(F)F)cc21.O=C(Nc1cc(F)cc(-c2cccnc2)c1)Oc1ccccc1. The fourth-order valence-electron chi connectivity index (χ4n) is 5.66. The number of hydrogen-bond acceptors (Lipinski definition) is 6. The number of halogens is 6. The Labute approximate surface area is 323 Å². The number of para-hydroxylation sites is 1. The molecule has 2 N–H and O–H groups in total. The van der Waals surface area contributed by atoms with Gasteiger partial charge in [0, 0.05) is 64.9 Å². The van der Waals surface area contributed by atoms with E-state index in [-0.39, 0.29) is 35.9 Å². The van der Waals surface area contributed by atoms with Gasteiger partial charge in [0.1, 0.15) is 17.4 Å². The minimum atomic E-state index is -4.61. The summed E-state index contributed by atoms with van der Waals surface area (Å²) < 4.78 is 73.2. The minimum Gasteiger partial charge on any atom is -0.410 e. The van der Waals surface area contributed by atoms with E-state index in [0.717, 1.165) is 23.1 Å². The minimum absolute atomic E-state index is 0. The molecule has 0 radical (unpaired) electrons. The number of alkyl halides is 3. The topological polar surface area (TPSA) is 96.5 Å². The number of thiocarbonyl (C=S) groups is 1. The van der Waals surface area contributed by atoms with Crippen molar-refractivity contribution in [2.45, 2.75) is 12.6 Å². The quantitative estimate of drug-likeness (QED) is 0.129. The summed E-state index contributed by atoms with van der Waals surface area (Å²) in [7, 11) is 0. The predicted molar refractivity (Wildman–Crippen MR) is 207 cm³/mol. The highest BCUT2D eigenvalue weighted by molar-refractivity contribution is 7.79. The molecule has 0 saturated heterocycles. The summed E-state index contributed by atoms with van der Waals surface area (Å²) in [4.78, 5) is 33.9. The molecule has 1 aliphatic heterocycles. The molecule has 55 heavy (non-hydrogen) atoms. The summed E-state index contributed by atoms with van der Waals surface area (Å²) in [6, 6.07) is 25.6. The lowest BCUT2D eigenvalue weighted by atomic mass is 10.0. The highest BCUT2D eigenvalue weighted by Crippen LogP contribution is 2.39. The summed E-state index contributed by atoms with van der Waals surface area (Å²) >= 11 is 4.72. The number of rotatable bonds is 6. The number of urea groups is 1. The number of nitrogens with one attached hydrogen (secondary N) is 2. The first-order chi connectivity index (χ1) is 26.0. The number of fused-ring (bicyclic) bond motifs is 1. The molecule has 7 rings (SSSR count). The van der Waals surface area contributed by atoms with Gasteiger partial charge in [0.25, 0.3) is 0 Å². The lowest BCUT2D eigenvalue weighted by Crippen LogP contribution is -2.33. The van der Waals surface area contributed by atoms with E-state index in [4.69, 9.17) is 17.0 Å². The van der Waals surface area contributed by atoms with Crippen molar-refractivity contribution < 1.29 is 36.3 Å². The molecule has 0 fully saturated rings. The number of benzene rings is 4. The van der Waals surface area contributed by atoms with Gasteiger partial charge in [-0.15, -0.1) is 12.4 Å². The number of hydrogen-bond donors (Lipinski definition) is 2. The highest BCUT2D eigenvalue weighted by Gasteiger charge is 2.36. The van der Waals surface area contributed by atoms with Gasteiger partial charge in [0.15, 0.2) is 0 Å². The Morgan fingerprint density at radius 3 is 1.85 bits per heavy atom. The molecule has 3 amide bonds. The third kappa shape index (κ3) is 10.2. The molecule has 1 aliphatic rings. The maximum absolute atomic E-state index is 14.1. The van der Waals surface area contributed by atoms with E-state index < -0.39 is 35.5 Å². The Morgan fingerprint density at radius 2 is 1.33 bits per heavy atom. The van der Waals surface area contributed by atoms with Gasteiger partial charge in [-0.1, -0.05) is 42.5 Å². The van der Waals surface area contributed by atoms with Crippen LogP contribution >= 0.6 is 24.6 Å². The average Bonchev–Trinajstić information content (AvgIpc) is 3.58. The number of ether oxygens (including phenoxy) is 1. The Balaban J connectivity index is 0.000000216. The van der Waals surface area contributed by atoms with Crippen molar-refractivity contribution in [2.24, 2.45) is 0 Å². The second-order valence-corrected chi connectivity index (χ2v) is 12.0. The van der Waals surface area contributed by atoms with E-state index in [9.17, 15) is 31.5 Å². The highest BCUT2D eigenvalue weighted by atomic mass is 35.5. The zero-order valence-corrected chi connectivity index (χ0v) is 30.0. The Morgan fingerprint density at radius 1 is 0.745 bits per heavy atom. The number of nitrogens with zero attached hydrogens (tertiary/aromatic N) is 3. The number of carbonyl (C=O) groups excluding carboxylic acids is 2.